The van der Waals surface area contributed by atoms with E-state index in [1.165, 1.54) is 0 Å². The Kier molecular flexibility index (Phi) is 4.35. The molecule has 3 heteroatoms. The number of pyridine rings is 1. The molecule has 2 aromatic carbocycles. The van der Waals surface area contributed by atoms with E-state index in [0.29, 0.717) is 12.2 Å². The molecule has 0 saturated carbocycles. The summed E-state index contributed by atoms with van der Waals surface area (Å²) in [4.78, 5) is 4.35. The van der Waals surface area contributed by atoms with Crippen LogP contribution in [-0.2, 0) is 0 Å². The highest BCUT2D eigenvalue weighted by Crippen LogP contribution is 2.24. The molecular weight excluding hydrogens is 284 g/mol. The number of fused-ring (bicyclic) bond motifs is 1. The summed E-state index contributed by atoms with van der Waals surface area (Å²) in [7, 11) is 0. The quantitative estimate of drug-likeness (QED) is 0.656. The molecule has 0 aliphatic rings. The fraction of sp³-hybridized carbons (Fsp3) is 0.100. The van der Waals surface area contributed by atoms with Gasteiger partial charge in [-0.15, -0.1) is 0 Å². The van der Waals surface area contributed by atoms with Gasteiger partial charge in [-0.25, -0.2) is 0 Å². The molecule has 23 heavy (non-hydrogen) atoms. The second kappa shape index (κ2) is 6.76. The van der Waals surface area contributed by atoms with Crippen LogP contribution in [0.15, 0.2) is 60.8 Å². The summed E-state index contributed by atoms with van der Waals surface area (Å²) < 4.78 is 5.44. The van der Waals surface area contributed by atoms with E-state index in [1.807, 2.05) is 67.6 Å². The van der Waals surface area contributed by atoms with Gasteiger partial charge in [-0.3, -0.25) is 4.98 Å². The standard InChI is InChI=1S/C20H16N2O/c1-2-23-18-9-7-15(8-10-18)17(14-21)13-16-11-12-22-20-6-4-3-5-19(16)20/h3-13H,2H2,1H3/b17-13+. The maximum Gasteiger partial charge on any atom is 0.119 e. The molecule has 0 fully saturated rings. The molecule has 0 N–H and O–H groups in total. The Morgan fingerprint density at radius 1 is 1.13 bits per heavy atom. The van der Waals surface area contributed by atoms with Crippen molar-refractivity contribution in [2.24, 2.45) is 0 Å². The average molecular weight is 300 g/mol. The van der Waals surface area contributed by atoms with Gasteiger partial charge >= 0.3 is 0 Å². The van der Waals surface area contributed by atoms with E-state index < -0.39 is 0 Å². The Bertz CT molecular complexity index is 884. The van der Waals surface area contributed by atoms with Crippen LogP contribution in [0.3, 0.4) is 0 Å². The molecule has 0 aliphatic carbocycles. The molecule has 0 atom stereocenters. The Morgan fingerprint density at radius 3 is 2.65 bits per heavy atom. The fourth-order valence-corrected chi connectivity index (χ4v) is 2.48. The number of nitriles is 1. The Hall–Kier alpha value is -3.12. The monoisotopic (exact) mass is 300 g/mol. The van der Waals surface area contributed by atoms with Crippen molar-refractivity contribution < 1.29 is 4.74 Å². The first-order chi connectivity index (χ1) is 11.3. The van der Waals surface area contributed by atoms with Gasteiger partial charge in [-0.2, -0.15) is 5.26 Å². The van der Waals surface area contributed by atoms with Gasteiger partial charge in [0.1, 0.15) is 5.75 Å². The van der Waals surface area contributed by atoms with Crippen LogP contribution in [0.2, 0.25) is 0 Å². The average Bonchev–Trinajstić information content (AvgIpc) is 2.61. The lowest BCUT2D eigenvalue weighted by atomic mass is 10.0. The number of benzene rings is 2. The minimum Gasteiger partial charge on any atom is -0.494 e. The Balaban J connectivity index is 2.02. The van der Waals surface area contributed by atoms with Crippen molar-refractivity contribution in [1.29, 1.82) is 5.26 Å². The van der Waals surface area contributed by atoms with Crippen LogP contribution in [0.25, 0.3) is 22.6 Å². The molecule has 0 unspecified atom stereocenters. The summed E-state index contributed by atoms with van der Waals surface area (Å²) in [5, 5.41) is 10.6. The van der Waals surface area contributed by atoms with Gasteiger partial charge < -0.3 is 4.74 Å². The maximum absolute atomic E-state index is 9.52. The fourth-order valence-electron chi connectivity index (χ4n) is 2.48. The van der Waals surface area contributed by atoms with Crippen molar-refractivity contribution in [1.82, 2.24) is 4.98 Å². The van der Waals surface area contributed by atoms with Crippen LogP contribution < -0.4 is 4.74 Å². The first-order valence-corrected chi connectivity index (χ1v) is 7.50. The van der Waals surface area contributed by atoms with Crippen molar-refractivity contribution in [3.8, 4) is 11.8 Å². The predicted molar refractivity (Wildman–Crippen MR) is 92.8 cm³/mol. The molecule has 0 aliphatic heterocycles. The Morgan fingerprint density at radius 2 is 1.91 bits per heavy atom. The number of hydrogen-bond acceptors (Lipinski definition) is 3. The molecule has 1 aromatic heterocycles. The van der Waals surface area contributed by atoms with Crippen molar-refractivity contribution in [3.63, 3.8) is 0 Å². The third-order valence-electron chi connectivity index (χ3n) is 3.58. The molecular formula is C20H16N2O. The molecule has 3 rings (SSSR count). The highest BCUT2D eigenvalue weighted by atomic mass is 16.5. The zero-order valence-electron chi connectivity index (χ0n) is 12.9. The molecule has 0 spiro atoms. The smallest absolute Gasteiger partial charge is 0.119 e. The lowest BCUT2D eigenvalue weighted by Crippen LogP contribution is -1.91. The minimum atomic E-state index is 0.615. The van der Waals surface area contributed by atoms with Crippen molar-refractivity contribution >= 4 is 22.6 Å². The van der Waals surface area contributed by atoms with Gasteiger partial charge in [0.05, 0.1) is 23.8 Å². The van der Waals surface area contributed by atoms with Gasteiger partial charge in [0.2, 0.25) is 0 Å². The minimum absolute atomic E-state index is 0.615. The van der Waals surface area contributed by atoms with Crippen molar-refractivity contribution in [2.45, 2.75) is 6.92 Å². The van der Waals surface area contributed by atoms with E-state index in [0.717, 1.165) is 27.8 Å². The number of allylic oxidation sites excluding steroid dienone is 1. The van der Waals surface area contributed by atoms with E-state index in [2.05, 4.69) is 11.1 Å². The summed E-state index contributed by atoms with van der Waals surface area (Å²) in [6.07, 6.45) is 3.67. The van der Waals surface area contributed by atoms with Gasteiger partial charge in [-0.05, 0) is 60.5 Å². The third kappa shape index (κ3) is 3.22. The zero-order valence-corrected chi connectivity index (χ0v) is 12.9. The van der Waals surface area contributed by atoms with Crippen LogP contribution in [0.5, 0.6) is 5.75 Å². The van der Waals surface area contributed by atoms with Gasteiger partial charge in [0.25, 0.3) is 0 Å². The molecule has 3 nitrogen and oxygen atoms in total. The van der Waals surface area contributed by atoms with E-state index in [1.54, 1.807) is 6.20 Å². The number of aromatic nitrogens is 1. The van der Waals surface area contributed by atoms with Crippen molar-refractivity contribution in [3.05, 3.63) is 71.9 Å². The van der Waals surface area contributed by atoms with Gasteiger partial charge in [0, 0.05) is 11.6 Å². The molecule has 3 aromatic rings. The van der Waals surface area contributed by atoms with Crippen LogP contribution in [0, 0.1) is 11.3 Å². The normalized spacial score (nSPS) is 11.2. The highest BCUT2D eigenvalue weighted by molar-refractivity contribution is 5.97. The summed E-state index contributed by atoms with van der Waals surface area (Å²) in [6, 6.07) is 19.7. The zero-order chi connectivity index (χ0) is 16.1. The topological polar surface area (TPSA) is 45.9 Å². The maximum atomic E-state index is 9.52. The number of rotatable bonds is 4. The molecule has 0 radical (unpaired) electrons. The van der Waals surface area contributed by atoms with Crippen LogP contribution >= 0.6 is 0 Å². The molecule has 0 bridgehead atoms. The number of hydrogen-bond donors (Lipinski definition) is 0. The summed E-state index contributed by atoms with van der Waals surface area (Å²) in [5.74, 6) is 0.808. The Labute approximate surface area is 135 Å². The third-order valence-corrected chi connectivity index (χ3v) is 3.58. The number of ether oxygens (including phenoxy) is 1. The second-order valence-corrected chi connectivity index (χ2v) is 5.04. The second-order valence-electron chi connectivity index (χ2n) is 5.04. The first kappa shape index (κ1) is 14.8. The van der Waals surface area contributed by atoms with Crippen LogP contribution in [-0.4, -0.2) is 11.6 Å². The highest BCUT2D eigenvalue weighted by Gasteiger charge is 2.04. The summed E-state index contributed by atoms with van der Waals surface area (Å²) >= 11 is 0. The summed E-state index contributed by atoms with van der Waals surface area (Å²) in [6.45, 7) is 2.58. The van der Waals surface area contributed by atoms with Gasteiger partial charge in [0.15, 0.2) is 0 Å². The first-order valence-electron chi connectivity index (χ1n) is 7.50. The SMILES string of the molecule is CCOc1ccc(/C(C#N)=C/c2ccnc3ccccc23)cc1. The van der Waals surface area contributed by atoms with E-state index >= 15 is 0 Å². The van der Waals surface area contributed by atoms with Crippen LogP contribution in [0.4, 0.5) is 0 Å². The predicted octanol–water partition coefficient (Wildman–Crippen LogP) is 4.70. The molecule has 0 saturated heterocycles. The lowest BCUT2D eigenvalue weighted by molar-refractivity contribution is 0.340. The molecule has 0 amide bonds. The summed E-state index contributed by atoms with van der Waals surface area (Å²) in [5.41, 5.74) is 3.40. The van der Waals surface area contributed by atoms with Crippen LogP contribution in [0.1, 0.15) is 18.1 Å². The number of nitrogens with zero attached hydrogens (tertiary/aromatic N) is 2. The molecule has 1 heterocycles. The van der Waals surface area contributed by atoms with Crippen molar-refractivity contribution in [2.75, 3.05) is 6.61 Å². The largest absolute Gasteiger partial charge is 0.494 e. The van der Waals surface area contributed by atoms with E-state index in [9.17, 15) is 5.26 Å². The number of para-hydroxylation sites is 1. The van der Waals surface area contributed by atoms with E-state index in [-0.39, 0.29) is 0 Å². The molecule has 112 valence electrons. The lowest BCUT2D eigenvalue weighted by Gasteiger charge is -2.05. The van der Waals surface area contributed by atoms with E-state index in [4.69, 9.17) is 4.74 Å². The van der Waals surface area contributed by atoms with Gasteiger partial charge in [-0.1, -0.05) is 18.2 Å².